The summed E-state index contributed by atoms with van der Waals surface area (Å²) in [6.45, 7) is 0.432. The summed E-state index contributed by atoms with van der Waals surface area (Å²) in [7, 11) is 0. The number of amides is 1. The van der Waals surface area contributed by atoms with Gasteiger partial charge in [0.15, 0.2) is 5.84 Å². The van der Waals surface area contributed by atoms with Crippen molar-refractivity contribution < 1.29 is 4.79 Å². The summed E-state index contributed by atoms with van der Waals surface area (Å²) in [4.78, 5) is 20.9. The molecule has 0 saturated heterocycles. The Balaban J connectivity index is 1.37. The van der Waals surface area contributed by atoms with Gasteiger partial charge in [0.05, 0.1) is 12.1 Å². The highest BCUT2D eigenvalue weighted by atomic mass is 35.5. The van der Waals surface area contributed by atoms with E-state index in [-0.39, 0.29) is 18.5 Å². The zero-order valence-corrected chi connectivity index (χ0v) is 15.6. The number of halogens is 1. The molecule has 142 valence electrons. The van der Waals surface area contributed by atoms with Gasteiger partial charge in [0, 0.05) is 24.0 Å². The van der Waals surface area contributed by atoms with Crippen LogP contribution in [0.15, 0.2) is 71.0 Å². The van der Waals surface area contributed by atoms with Crippen molar-refractivity contribution in [3.63, 3.8) is 0 Å². The standard InChI is InChI=1S/C19H18ClN7O/c20-14-4-1-5-15(9-14)23-16-6-7-17-24-25-18(27(17)26-16)10-19(28)22-12-13-3-2-8-21-11-13/h1-9,11,18,25H,10,12H2,(H,22,28)(H,23,26). The number of carbonyl (C=O) groups excluding carboxylic acids is 1. The van der Waals surface area contributed by atoms with E-state index < -0.39 is 0 Å². The maximum absolute atomic E-state index is 12.3. The van der Waals surface area contributed by atoms with Gasteiger partial charge in [-0.3, -0.25) is 20.6 Å². The third-order valence-electron chi connectivity index (χ3n) is 4.16. The average molecular weight is 396 g/mol. The number of hydrogen-bond donors (Lipinski definition) is 3. The van der Waals surface area contributed by atoms with Gasteiger partial charge in [-0.15, -0.1) is 0 Å². The first-order valence-electron chi connectivity index (χ1n) is 8.74. The lowest BCUT2D eigenvalue weighted by Crippen LogP contribution is -2.53. The number of carbonyl (C=O) groups is 1. The molecule has 0 radical (unpaired) electrons. The molecule has 28 heavy (non-hydrogen) atoms. The Hall–Kier alpha value is -3.39. The highest BCUT2D eigenvalue weighted by Crippen LogP contribution is 2.19. The van der Waals surface area contributed by atoms with Crippen LogP contribution in [-0.4, -0.2) is 33.7 Å². The smallest absolute Gasteiger partial charge is 0.224 e. The minimum Gasteiger partial charge on any atom is -0.352 e. The number of rotatable bonds is 5. The van der Waals surface area contributed by atoms with Crippen LogP contribution in [0, 0.1) is 0 Å². The number of benzene rings is 1. The number of fused-ring (bicyclic) bond motifs is 1. The fourth-order valence-corrected chi connectivity index (χ4v) is 3.00. The van der Waals surface area contributed by atoms with Crippen molar-refractivity contribution in [1.29, 1.82) is 0 Å². The van der Waals surface area contributed by atoms with E-state index in [9.17, 15) is 4.79 Å². The molecule has 2 aromatic rings. The van der Waals surface area contributed by atoms with Crippen molar-refractivity contribution in [2.24, 2.45) is 10.1 Å². The van der Waals surface area contributed by atoms with Crippen molar-refractivity contribution in [2.75, 3.05) is 0 Å². The molecule has 1 aromatic heterocycles. The Morgan fingerprint density at radius 1 is 1.29 bits per heavy atom. The molecule has 0 saturated carbocycles. The zero-order valence-electron chi connectivity index (χ0n) is 14.8. The molecule has 0 aliphatic carbocycles. The van der Waals surface area contributed by atoms with Crippen molar-refractivity contribution in [3.8, 4) is 0 Å². The monoisotopic (exact) mass is 395 g/mol. The second kappa shape index (κ2) is 8.10. The van der Waals surface area contributed by atoms with E-state index in [1.165, 1.54) is 0 Å². The largest absolute Gasteiger partial charge is 0.352 e. The van der Waals surface area contributed by atoms with Crippen molar-refractivity contribution in [1.82, 2.24) is 26.2 Å². The summed E-state index contributed by atoms with van der Waals surface area (Å²) in [5, 5.41) is 9.54. The van der Waals surface area contributed by atoms with Gasteiger partial charge in [-0.2, -0.15) is 5.10 Å². The van der Waals surface area contributed by atoms with Crippen LogP contribution >= 0.6 is 11.6 Å². The van der Waals surface area contributed by atoms with E-state index in [4.69, 9.17) is 11.6 Å². The van der Waals surface area contributed by atoms with E-state index >= 15 is 0 Å². The summed E-state index contributed by atoms with van der Waals surface area (Å²) in [6.07, 6.45) is 6.98. The van der Waals surface area contributed by atoms with Crippen LogP contribution in [0.4, 0.5) is 5.69 Å². The predicted molar refractivity (Wildman–Crippen MR) is 108 cm³/mol. The lowest BCUT2D eigenvalue weighted by Gasteiger charge is -2.29. The number of aromatic nitrogens is 1. The second-order valence-corrected chi connectivity index (χ2v) is 6.69. The Kier molecular flexibility index (Phi) is 5.20. The number of nitrogens with zero attached hydrogens (tertiary/aromatic N) is 4. The molecule has 0 bridgehead atoms. The van der Waals surface area contributed by atoms with Crippen LogP contribution in [0.5, 0.6) is 0 Å². The van der Waals surface area contributed by atoms with Gasteiger partial charge in [0.1, 0.15) is 12.0 Å². The zero-order chi connectivity index (χ0) is 19.3. The molecule has 3 heterocycles. The van der Waals surface area contributed by atoms with Gasteiger partial charge >= 0.3 is 0 Å². The van der Waals surface area contributed by atoms with E-state index in [0.717, 1.165) is 11.3 Å². The number of hydrazine groups is 1. The lowest BCUT2D eigenvalue weighted by atomic mass is 10.2. The molecule has 2 aliphatic rings. The topological polar surface area (TPSA) is 94.0 Å². The number of pyridine rings is 1. The molecule has 0 fully saturated rings. The maximum atomic E-state index is 12.3. The van der Waals surface area contributed by atoms with Gasteiger partial charge in [0.25, 0.3) is 0 Å². The van der Waals surface area contributed by atoms with E-state index in [1.807, 2.05) is 36.4 Å². The molecule has 1 unspecified atom stereocenters. The van der Waals surface area contributed by atoms with Crippen molar-refractivity contribution in [2.45, 2.75) is 19.1 Å². The first-order valence-corrected chi connectivity index (χ1v) is 9.12. The van der Waals surface area contributed by atoms with Crippen LogP contribution in [0.25, 0.3) is 0 Å². The molecule has 9 heteroatoms. The number of hydrazone groups is 1. The average Bonchev–Trinajstić information content (AvgIpc) is 3.09. The van der Waals surface area contributed by atoms with Gasteiger partial charge in [-0.1, -0.05) is 23.7 Å². The molecular weight excluding hydrogens is 378 g/mol. The lowest BCUT2D eigenvalue weighted by molar-refractivity contribution is -0.122. The summed E-state index contributed by atoms with van der Waals surface area (Å²) in [5.41, 5.74) is 7.84. The van der Waals surface area contributed by atoms with E-state index in [1.54, 1.807) is 29.5 Å². The molecule has 3 N–H and O–H groups in total. The molecule has 2 aliphatic heterocycles. The molecule has 1 atom stereocenters. The van der Waals surface area contributed by atoms with Gasteiger partial charge in [0.2, 0.25) is 5.91 Å². The molecule has 1 aromatic carbocycles. The van der Waals surface area contributed by atoms with Gasteiger partial charge in [-0.05, 0) is 42.0 Å². The molecular formula is C19H18ClN7O. The number of amidine groups is 2. The van der Waals surface area contributed by atoms with Gasteiger partial charge < -0.3 is 5.32 Å². The highest BCUT2D eigenvalue weighted by molar-refractivity contribution is 6.30. The van der Waals surface area contributed by atoms with E-state index in [0.29, 0.717) is 23.2 Å². The maximum Gasteiger partial charge on any atom is 0.224 e. The summed E-state index contributed by atoms with van der Waals surface area (Å²) in [5.74, 6) is 1.23. The second-order valence-electron chi connectivity index (χ2n) is 6.25. The van der Waals surface area contributed by atoms with Crippen LogP contribution in [0.1, 0.15) is 12.0 Å². The summed E-state index contributed by atoms with van der Waals surface area (Å²) < 4.78 is 0. The van der Waals surface area contributed by atoms with Crippen LogP contribution < -0.4 is 16.2 Å². The highest BCUT2D eigenvalue weighted by Gasteiger charge is 2.31. The van der Waals surface area contributed by atoms with Gasteiger partial charge in [-0.25, -0.2) is 10.0 Å². The number of nitrogens with one attached hydrogen (secondary N) is 3. The quantitative estimate of drug-likeness (QED) is 0.720. The summed E-state index contributed by atoms with van der Waals surface area (Å²) in [6, 6.07) is 11.0. The van der Waals surface area contributed by atoms with Crippen LogP contribution in [0.3, 0.4) is 0 Å². The summed E-state index contributed by atoms with van der Waals surface area (Å²) >= 11 is 6.01. The fraction of sp³-hybridized carbons (Fsp3) is 0.158. The SMILES string of the molecule is O=C(CC1NN=C2C=CC(=Nc3cccc(Cl)c3)NN21)NCc1cccnc1. The Bertz CT molecular complexity index is 958. The first kappa shape index (κ1) is 18.0. The fourth-order valence-electron chi connectivity index (χ4n) is 2.81. The third kappa shape index (κ3) is 4.29. The van der Waals surface area contributed by atoms with E-state index in [2.05, 4.69) is 31.2 Å². The minimum absolute atomic E-state index is 0.0949. The van der Waals surface area contributed by atoms with Crippen molar-refractivity contribution >= 4 is 34.9 Å². The molecule has 0 spiro atoms. The number of hydrogen-bond acceptors (Lipinski definition) is 6. The Morgan fingerprint density at radius 2 is 2.21 bits per heavy atom. The van der Waals surface area contributed by atoms with Crippen molar-refractivity contribution in [3.05, 3.63) is 71.5 Å². The number of aliphatic imine (C=N–C) groups is 1. The first-order chi connectivity index (χ1) is 13.7. The predicted octanol–water partition coefficient (Wildman–Crippen LogP) is 2.09. The molecule has 4 rings (SSSR count). The molecule has 8 nitrogen and oxygen atoms in total. The molecule has 1 amide bonds. The van der Waals surface area contributed by atoms with Crippen LogP contribution in [-0.2, 0) is 11.3 Å². The van der Waals surface area contributed by atoms with Crippen LogP contribution in [0.2, 0.25) is 5.02 Å². The Labute approximate surface area is 167 Å². The Morgan fingerprint density at radius 3 is 3.04 bits per heavy atom. The minimum atomic E-state index is -0.321. The third-order valence-corrected chi connectivity index (χ3v) is 4.40. The normalized spacial score (nSPS) is 18.9.